The Morgan fingerprint density at radius 3 is 2.38 bits per heavy atom. The van der Waals surface area contributed by atoms with Crippen molar-refractivity contribution in [1.29, 1.82) is 0 Å². The Hall–Kier alpha value is -3.11. The molecule has 3 aromatic carbocycles. The zero-order valence-corrected chi connectivity index (χ0v) is 17.1. The number of ether oxygens (including phenoxy) is 1. The maximum atomic E-state index is 12.8. The van der Waals surface area contributed by atoms with Crippen molar-refractivity contribution in [1.82, 2.24) is 4.90 Å². The Bertz CT molecular complexity index is 925. The van der Waals surface area contributed by atoms with Crippen LogP contribution in [-0.2, 0) is 13.1 Å². The zero-order chi connectivity index (χ0) is 20.5. The number of hydrogen-bond donors (Lipinski definition) is 1. The molecule has 0 saturated heterocycles. The topological polar surface area (TPSA) is 41.6 Å². The van der Waals surface area contributed by atoms with Crippen LogP contribution in [0, 0.1) is 0 Å². The summed E-state index contributed by atoms with van der Waals surface area (Å²) in [4.78, 5) is 15.0. The second-order valence-corrected chi connectivity index (χ2v) is 7.16. The number of hydrogen-bond acceptors (Lipinski definition) is 3. The SMILES string of the molecule is CCCOc1ccccc1NC(=O)c1cccc(CN(C)Cc2ccccc2)c1. The standard InChI is InChI=1S/C25H28N2O2/c1-3-16-29-24-15-8-7-14-23(24)26-25(28)22-13-9-12-21(17-22)19-27(2)18-20-10-5-4-6-11-20/h4-15,17H,3,16,18-19H2,1-2H3,(H,26,28). The molecular formula is C25H28N2O2. The highest BCUT2D eigenvalue weighted by atomic mass is 16.5. The van der Waals surface area contributed by atoms with Crippen molar-refractivity contribution in [3.05, 3.63) is 95.6 Å². The minimum absolute atomic E-state index is 0.134. The molecule has 0 saturated carbocycles. The predicted molar refractivity (Wildman–Crippen MR) is 118 cm³/mol. The number of carbonyl (C=O) groups excluding carboxylic acids is 1. The molecule has 0 bridgehead atoms. The minimum atomic E-state index is -0.134. The molecule has 4 nitrogen and oxygen atoms in total. The molecule has 0 spiro atoms. The Kier molecular flexibility index (Phi) is 7.42. The van der Waals surface area contributed by atoms with Gasteiger partial charge in [0.1, 0.15) is 5.75 Å². The summed E-state index contributed by atoms with van der Waals surface area (Å²) < 4.78 is 5.73. The number of nitrogens with zero attached hydrogens (tertiary/aromatic N) is 1. The number of anilines is 1. The molecule has 3 aromatic rings. The summed E-state index contributed by atoms with van der Waals surface area (Å²) in [6.45, 7) is 4.31. The lowest BCUT2D eigenvalue weighted by molar-refractivity contribution is 0.102. The largest absolute Gasteiger partial charge is 0.491 e. The average molecular weight is 389 g/mol. The summed E-state index contributed by atoms with van der Waals surface area (Å²) in [5, 5.41) is 2.98. The van der Waals surface area contributed by atoms with Crippen LogP contribution in [0.4, 0.5) is 5.69 Å². The first-order chi connectivity index (χ1) is 14.2. The molecule has 0 aliphatic carbocycles. The molecule has 150 valence electrons. The maximum absolute atomic E-state index is 12.8. The number of amides is 1. The molecule has 0 radical (unpaired) electrons. The summed E-state index contributed by atoms with van der Waals surface area (Å²) in [6.07, 6.45) is 0.917. The molecule has 4 heteroatoms. The Balaban J connectivity index is 1.65. The first-order valence-corrected chi connectivity index (χ1v) is 10.0. The van der Waals surface area contributed by atoms with Gasteiger partial charge in [-0.25, -0.2) is 0 Å². The van der Waals surface area contributed by atoms with Gasteiger partial charge in [0.05, 0.1) is 12.3 Å². The van der Waals surface area contributed by atoms with Gasteiger partial charge < -0.3 is 10.1 Å². The van der Waals surface area contributed by atoms with Crippen molar-refractivity contribution in [2.45, 2.75) is 26.4 Å². The van der Waals surface area contributed by atoms with E-state index in [9.17, 15) is 4.79 Å². The lowest BCUT2D eigenvalue weighted by Crippen LogP contribution is -2.18. The molecule has 0 aromatic heterocycles. The van der Waals surface area contributed by atoms with E-state index in [2.05, 4.69) is 54.5 Å². The van der Waals surface area contributed by atoms with Crippen LogP contribution in [0.25, 0.3) is 0 Å². The summed E-state index contributed by atoms with van der Waals surface area (Å²) in [7, 11) is 2.08. The van der Waals surface area contributed by atoms with E-state index in [1.807, 2.05) is 48.5 Å². The molecule has 0 atom stereocenters. The van der Waals surface area contributed by atoms with Gasteiger partial charge in [-0.15, -0.1) is 0 Å². The molecule has 0 aliphatic heterocycles. The Morgan fingerprint density at radius 1 is 0.897 bits per heavy atom. The van der Waals surface area contributed by atoms with Gasteiger partial charge in [0.15, 0.2) is 0 Å². The monoisotopic (exact) mass is 388 g/mol. The van der Waals surface area contributed by atoms with E-state index in [1.165, 1.54) is 5.56 Å². The van der Waals surface area contributed by atoms with Gasteiger partial charge in [-0.2, -0.15) is 0 Å². The average Bonchev–Trinajstić information content (AvgIpc) is 2.74. The van der Waals surface area contributed by atoms with Crippen LogP contribution < -0.4 is 10.1 Å². The van der Waals surface area contributed by atoms with Crippen LogP contribution in [0.1, 0.15) is 34.8 Å². The van der Waals surface area contributed by atoms with Crippen LogP contribution >= 0.6 is 0 Å². The summed E-state index contributed by atoms with van der Waals surface area (Å²) in [6, 6.07) is 25.7. The molecule has 0 unspecified atom stereocenters. The lowest BCUT2D eigenvalue weighted by atomic mass is 10.1. The molecule has 0 fully saturated rings. The molecule has 1 N–H and O–H groups in total. The van der Waals surface area contributed by atoms with Crippen LogP contribution in [-0.4, -0.2) is 24.5 Å². The van der Waals surface area contributed by atoms with Crippen molar-refractivity contribution >= 4 is 11.6 Å². The van der Waals surface area contributed by atoms with E-state index in [-0.39, 0.29) is 5.91 Å². The van der Waals surface area contributed by atoms with E-state index < -0.39 is 0 Å². The first-order valence-electron chi connectivity index (χ1n) is 10.0. The highest BCUT2D eigenvalue weighted by Gasteiger charge is 2.11. The number of para-hydroxylation sites is 2. The lowest BCUT2D eigenvalue weighted by Gasteiger charge is -2.17. The van der Waals surface area contributed by atoms with Gasteiger partial charge in [0, 0.05) is 18.7 Å². The third-order valence-corrected chi connectivity index (χ3v) is 4.53. The number of benzene rings is 3. The Morgan fingerprint density at radius 2 is 1.59 bits per heavy atom. The maximum Gasteiger partial charge on any atom is 0.255 e. The second kappa shape index (κ2) is 10.4. The van der Waals surface area contributed by atoms with Crippen molar-refractivity contribution in [3.8, 4) is 5.75 Å². The molecule has 1 amide bonds. The minimum Gasteiger partial charge on any atom is -0.491 e. The molecule has 3 rings (SSSR count). The summed E-state index contributed by atoms with van der Waals surface area (Å²) >= 11 is 0. The van der Waals surface area contributed by atoms with Crippen molar-refractivity contribution in [2.24, 2.45) is 0 Å². The van der Waals surface area contributed by atoms with Gasteiger partial charge in [-0.3, -0.25) is 9.69 Å². The van der Waals surface area contributed by atoms with E-state index in [4.69, 9.17) is 4.74 Å². The summed E-state index contributed by atoms with van der Waals surface area (Å²) in [5.74, 6) is 0.562. The third kappa shape index (κ3) is 6.19. The highest BCUT2D eigenvalue weighted by Crippen LogP contribution is 2.24. The highest BCUT2D eigenvalue weighted by molar-refractivity contribution is 6.05. The predicted octanol–water partition coefficient (Wildman–Crippen LogP) is 5.36. The molecule has 0 heterocycles. The van der Waals surface area contributed by atoms with Gasteiger partial charge >= 0.3 is 0 Å². The Labute approximate surface area is 173 Å². The van der Waals surface area contributed by atoms with Gasteiger partial charge in [-0.1, -0.05) is 61.5 Å². The smallest absolute Gasteiger partial charge is 0.255 e. The van der Waals surface area contributed by atoms with E-state index in [0.29, 0.717) is 23.6 Å². The van der Waals surface area contributed by atoms with Crippen molar-refractivity contribution < 1.29 is 9.53 Å². The fourth-order valence-corrected chi connectivity index (χ4v) is 3.18. The van der Waals surface area contributed by atoms with Crippen LogP contribution in [0.15, 0.2) is 78.9 Å². The quantitative estimate of drug-likeness (QED) is 0.536. The second-order valence-electron chi connectivity index (χ2n) is 7.16. The van der Waals surface area contributed by atoms with Crippen LogP contribution in [0.5, 0.6) is 5.75 Å². The molecule has 0 aliphatic rings. The first kappa shape index (κ1) is 20.6. The van der Waals surface area contributed by atoms with Crippen LogP contribution in [0.2, 0.25) is 0 Å². The fourth-order valence-electron chi connectivity index (χ4n) is 3.18. The number of carbonyl (C=O) groups is 1. The molecular weight excluding hydrogens is 360 g/mol. The zero-order valence-electron chi connectivity index (χ0n) is 17.1. The van der Waals surface area contributed by atoms with E-state index in [1.54, 1.807) is 0 Å². The number of nitrogens with one attached hydrogen (secondary N) is 1. The van der Waals surface area contributed by atoms with Crippen LogP contribution in [0.3, 0.4) is 0 Å². The summed E-state index contributed by atoms with van der Waals surface area (Å²) in [5.41, 5.74) is 3.71. The molecule has 29 heavy (non-hydrogen) atoms. The third-order valence-electron chi connectivity index (χ3n) is 4.53. The van der Waals surface area contributed by atoms with Crippen molar-refractivity contribution in [3.63, 3.8) is 0 Å². The fraction of sp³-hybridized carbons (Fsp3) is 0.240. The van der Waals surface area contributed by atoms with E-state index in [0.717, 1.165) is 25.1 Å². The number of rotatable bonds is 9. The van der Waals surface area contributed by atoms with Gasteiger partial charge in [0.25, 0.3) is 5.91 Å². The van der Waals surface area contributed by atoms with Crippen molar-refractivity contribution in [2.75, 3.05) is 19.0 Å². The van der Waals surface area contributed by atoms with Gasteiger partial charge in [-0.05, 0) is 48.9 Å². The normalized spacial score (nSPS) is 10.7. The van der Waals surface area contributed by atoms with E-state index >= 15 is 0 Å². The van der Waals surface area contributed by atoms with Gasteiger partial charge in [0.2, 0.25) is 0 Å².